The second-order valence-corrected chi connectivity index (χ2v) is 7.26. The first-order chi connectivity index (χ1) is 11.8. The summed E-state index contributed by atoms with van der Waals surface area (Å²) < 4.78 is 2.21. The fraction of sp³-hybridized carbons (Fsp3) is 0.474. The van der Waals surface area contributed by atoms with Crippen LogP contribution in [0.25, 0.3) is 0 Å². The minimum Gasteiger partial charge on any atom is -0.353 e. The molecule has 0 spiro atoms. The summed E-state index contributed by atoms with van der Waals surface area (Å²) in [5, 5.41) is 4.44. The van der Waals surface area contributed by atoms with E-state index in [1.54, 1.807) is 0 Å². The van der Waals surface area contributed by atoms with E-state index in [2.05, 4.69) is 57.3 Å². The predicted molar refractivity (Wildman–Crippen MR) is 99.6 cm³/mol. The molecule has 5 heteroatoms. The molecule has 2 aliphatic rings. The Kier molecular flexibility index (Phi) is 4.27. The number of hydrogen-bond acceptors (Lipinski definition) is 2. The zero-order chi connectivity index (χ0) is 16.5. The van der Waals surface area contributed by atoms with Gasteiger partial charge in [0.15, 0.2) is 5.11 Å². The Hall–Kier alpha value is -1.88. The first-order valence-electron chi connectivity index (χ1n) is 8.86. The lowest BCUT2D eigenvalue weighted by molar-refractivity contribution is 0.192. The standard InChI is InChI=1S/C19H24N4S/c1-22-13-7-11-16(22)18-17(15-10-5-6-12-20-15)21-19(24)23(18)14-8-3-2-4-9-14/h5-7,10-14,17-18H,2-4,8-9H2,1H3,(H,21,24). The quantitative estimate of drug-likeness (QED) is 0.863. The van der Waals surface area contributed by atoms with Gasteiger partial charge in [-0.25, -0.2) is 0 Å². The molecule has 3 heterocycles. The van der Waals surface area contributed by atoms with Crippen LogP contribution in [0.1, 0.15) is 55.6 Å². The molecular weight excluding hydrogens is 316 g/mol. The van der Waals surface area contributed by atoms with Crippen LogP contribution in [0.4, 0.5) is 0 Å². The molecule has 1 saturated carbocycles. The Morgan fingerprint density at radius 1 is 1.12 bits per heavy atom. The van der Waals surface area contributed by atoms with E-state index in [1.807, 2.05) is 12.3 Å². The van der Waals surface area contributed by atoms with Crippen LogP contribution in [-0.4, -0.2) is 25.6 Å². The van der Waals surface area contributed by atoms with Crippen LogP contribution in [0.2, 0.25) is 0 Å². The van der Waals surface area contributed by atoms with Crippen LogP contribution in [-0.2, 0) is 7.05 Å². The molecule has 4 nitrogen and oxygen atoms in total. The van der Waals surface area contributed by atoms with Crippen molar-refractivity contribution < 1.29 is 0 Å². The highest BCUT2D eigenvalue weighted by Crippen LogP contribution is 2.42. The summed E-state index contributed by atoms with van der Waals surface area (Å²) in [6.45, 7) is 0. The van der Waals surface area contributed by atoms with Crippen molar-refractivity contribution in [2.45, 2.75) is 50.2 Å². The van der Waals surface area contributed by atoms with Gasteiger partial charge in [0.25, 0.3) is 0 Å². The minimum atomic E-state index is 0.106. The third-order valence-corrected chi connectivity index (χ3v) is 5.72. The lowest BCUT2D eigenvalue weighted by Gasteiger charge is -2.37. The van der Waals surface area contributed by atoms with Gasteiger partial charge in [-0.1, -0.05) is 25.3 Å². The molecule has 2 atom stereocenters. The van der Waals surface area contributed by atoms with Crippen LogP contribution < -0.4 is 5.32 Å². The molecule has 1 aliphatic heterocycles. The molecule has 0 bridgehead atoms. The number of nitrogens with zero attached hydrogens (tertiary/aromatic N) is 3. The summed E-state index contributed by atoms with van der Waals surface area (Å²) in [6.07, 6.45) is 10.4. The molecule has 2 fully saturated rings. The topological polar surface area (TPSA) is 33.1 Å². The van der Waals surface area contributed by atoms with E-state index in [0.717, 1.165) is 10.8 Å². The zero-order valence-electron chi connectivity index (χ0n) is 14.1. The summed E-state index contributed by atoms with van der Waals surface area (Å²) in [7, 11) is 2.12. The maximum absolute atomic E-state index is 5.77. The minimum absolute atomic E-state index is 0.106. The lowest BCUT2D eigenvalue weighted by Crippen LogP contribution is -2.40. The highest BCUT2D eigenvalue weighted by molar-refractivity contribution is 7.80. The molecule has 1 saturated heterocycles. The van der Waals surface area contributed by atoms with E-state index in [9.17, 15) is 0 Å². The molecule has 1 N–H and O–H groups in total. The van der Waals surface area contributed by atoms with Gasteiger partial charge < -0.3 is 14.8 Å². The number of rotatable bonds is 3. The molecule has 126 valence electrons. The van der Waals surface area contributed by atoms with Gasteiger partial charge in [0.1, 0.15) is 0 Å². The normalized spacial score (nSPS) is 25.0. The van der Waals surface area contributed by atoms with Gasteiger partial charge in [0.2, 0.25) is 0 Å². The number of nitrogens with one attached hydrogen (secondary N) is 1. The summed E-state index contributed by atoms with van der Waals surface area (Å²) in [5.41, 5.74) is 2.35. The number of hydrogen-bond donors (Lipinski definition) is 1. The fourth-order valence-electron chi connectivity index (χ4n) is 4.22. The largest absolute Gasteiger partial charge is 0.353 e. The summed E-state index contributed by atoms with van der Waals surface area (Å²) in [6, 6.07) is 11.3. The van der Waals surface area contributed by atoms with E-state index < -0.39 is 0 Å². The smallest absolute Gasteiger partial charge is 0.170 e. The Balaban J connectivity index is 1.75. The van der Waals surface area contributed by atoms with Crippen molar-refractivity contribution in [3.8, 4) is 0 Å². The summed E-state index contributed by atoms with van der Waals surface area (Å²) in [5.74, 6) is 0. The van der Waals surface area contributed by atoms with E-state index >= 15 is 0 Å². The van der Waals surface area contributed by atoms with Gasteiger partial charge >= 0.3 is 0 Å². The van der Waals surface area contributed by atoms with Gasteiger partial charge in [-0.15, -0.1) is 0 Å². The number of aromatic nitrogens is 2. The van der Waals surface area contributed by atoms with Crippen molar-refractivity contribution in [2.24, 2.45) is 7.05 Å². The lowest BCUT2D eigenvalue weighted by atomic mass is 9.92. The number of pyridine rings is 1. The summed E-state index contributed by atoms with van der Waals surface area (Å²) >= 11 is 5.77. The van der Waals surface area contributed by atoms with Crippen molar-refractivity contribution >= 4 is 17.3 Å². The van der Waals surface area contributed by atoms with Crippen LogP contribution in [0.3, 0.4) is 0 Å². The maximum Gasteiger partial charge on any atom is 0.170 e. The van der Waals surface area contributed by atoms with Crippen LogP contribution in [0, 0.1) is 0 Å². The van der Waals surface area contributed by atoms with Gasteiger partial charge in [-0.3, -0.25) is 4.98 Å². The van der Waals surface area contributed by atoms with Crippen molar-refractivity contribution in [3.63, 3.8) is 0 Å². The highest BCUT2D eigenvalue weighted by Gasteiger charge is 2.43. The van der Waals surface area contributed by atoms with Crippen molar-refractivity contribution in [3.05, 3.63) is 54.1 Å². The van der Waals surface area contributed by atoms with Gasteiger partial charge in [0, 0.05) is 31.2 Å². The molecule has 1 aliphatic carbocycles. The molecule has 4 rings (SSSR count). The predicted octanol–water partition coefficient (Wildman–Crippen LogP) is 3.73. The second kappa shape index (κ2) is 6.55. The van der Waals surface area contributed by atoms with Crippen LogP contribution in [0.5, 0.6) is 0 Å². The highest BCUT2D eigenvalue weighted by atomic mass is 32.1. The molecule has 0 radical (unpaired) electrons. The SMILES string of the molecule is Cn1cccc1C1C(c2ccccn2)NC(=S)N1C1CCCCC1. The number of thiocarbonyl (C=S) groups is 1. The van der Waals surface area contributed by atoms with E-state index in [4.69, 9.17) is 12.2 Å². The monoisotopic (exact) mass is 340 g/mol. The first kappa shape index (κ1) is 15.6. The van der Waals surface area contributed by atoms with E-state index in [1.165, 1.54) is 37.8 Å². The molecule has 0 amide bonds. The van der Waals surface area contributed by atoms with Crippen molar-refractivity contribution in [1.82, 2.24) is 19.8 Å². The second-order valence-electron chi connectivity index (χ2n) is 6.87. The van der Waals surface area contributed by atoms with Crippen LogP contribution >= 0.6 is 12.2 Å². The van der Waals surface area contributed by atoms with Crippen molar-refractivity contribution in [1.29, 1.82) is 0 Å². The van der Waals surface area contributed by atoms with E-state index in [-0.39, 0.29) is 12.1 Å². The summed E-state index contributed by atoms with van der Waals surface area (Å²) in [4.78, 5) is 7.07. The first-order valence-corrected chi connectivity index (χ1v) is 9.27. The Bertz CT molecular complexity index is 705. The Morgan fingerprint density at radius 2 is 1.96 bits per heavy atom. The third-order valence-electron chi connectivity index (χ3n) is 5.39. The average Bonchev–Trinajstić information content (AvgIpc) is 3.19. The fourth-order valence-corrected chi connectivity index (χ4v) is 4.61. The Morgan fingerprint density at radius 3 is 2.62 bits per heavy atom. The average molecular weight is 340 g/mol. The molecule has 0 aromatic carbocycles. The Labute approximate surface area is 148 Å². The molecular formula is C19H24N4S. The van der Waals surface area contributed by atoms with Gasteiger partial charge in [-0.05, 0) is 49.3 Å². The maximum atomic E-state index is 5.77. The van der Waals surface area contributed by atoms with Crippen LogP contribution in [0.15, 0.2) is 42.7 Å². The van der Waals surface area contributed by atoms with Gasteiger partial charge in [-0.2, -0.15) is 0 Å². The molecule has 2 aromatic rings. The third kappa shape index (κ3) is 2.71. The molecule has 2 unspecified atom stereocenters. The number of aryl methyl sites for hydroxylation is 1. The van der Waals surface area contributed by atoms with Crippen molar-refractivity contribution in [2.75, 3.05) is 0 Å². The van der Waals surface area contributed by atoms with Gasteiger partial charge in [0.05, 0.1) is 17.8 Å². The molecule has 2 aromatic heterocycles. The zero-order valence-corrected chi connectivity index (χ0v) is 14.9. The molecule has 24 heavy (non-hydrogen) atoms. The van der Waals surface area contributed by atoms with E-state index in [0.29, 0.717) is 6.04 Å².